The maximum atomic E-state index is 12.5. The minimum absolute atomic E-state index is 0.0475. The van der Waals surface area contributed by atoms with Gasteiger partial charge in [0.25, 0.3) is 0 Å². The Morgan fingerprint density at radius 3 is 2.35 bits per heavy atom. The number of hydrogen-bond donors (Lipinski definition) is 1. The number of alkyl carbamates (subject to hydrolysis) is 1. The third-order valence-electron chi connectivity index (χ3n) is 4.16. The Morgan fingerprint density at radius 2 is 1.83 bits per heavy atom. The highest BCUT2D eigenvalue weighted by Crippen LogP contribution is 2.28. The van der Waals surface area contributed by atoms with E-state index in [2.05, 4.69) is 10.1 Å². The van der Waals surface area contributed by atoms with Crippen molar-refractivity contribution in [2.75, 3.05) is 20.3 Å². The van der Waals surface area contributed by atoms with Crippen molar-refractivity contribution in [1.82, 2.24) is 5.32 Å². The SMILES string of the molecule is COC(=O)N[C@H](C(=O)C[C@H]1COC[C@@H]1C(=O)CC(C)C)C(C)C. The quantitative estimate of drug-likeness (QED) is 0.739. The zero-order chi connectivity index (χ0) is 17.6. The molecule has 0 spiro atoms. The van der Waals surface area contributed by atoms with E-state index in [0.717, 1.165) is 0 Å². The molecule has 1 aliphatic rings. The van der Waals surface area contributed by atoms with Gasteiger partial charge in [-0.3, -0.25) is 9.59 Å². The van der Waals surface area contributed by atoms with Gasteiger partial charge in [-0.05, 0) is 11.8 Å². The van der Waals surface area contributed by atoms with Crippen LogP contribution in [0, 0.1) is 23.7 Å². The summed E-state index contributed by atoms with van der Waals surface area (Å²) in [5.41, 5.74) is 0. The topological polar surface area (TPSA) is 81.7 Å². The van der Waals surface area contributed by atoms with Gasteiger partial charge < -0.3 is 14.8 Å². The van der Waals surface area contributed by atoms with Crippen LogP contribution in [0.1, 0.15) is 40.5 Å². The Labute approximate surface area is 138 Å². The number of nitrogens with one attached hydrogen (secondary N) is 1. The molecule has 0 aromatic heterocycles. The molecule has 0 saturated carbocycles. The molecule has 0 unspecified atom stereocenters. The maximum absolute atomic E-state index is 12.5. The van der Waals surface area contributed by atoms with Crippen molar-refractivity contribution < 1.29 is 23.9 Å². The van der Waals surface area contributed by atoms with Crippen molar-refractivity contribution in [2.24, 2.45) is 23.7 Å². The van der Waals surface area contributed by atoms with Crippen LogP contribution in [0.5, 0.6) is 0 Å². The molecule has 3 atom stereocenters. The van der Waals surface area contributed by atoms with E-state index < -0.39 is 12.1 Å². The summed E-state index contributed by atoms with van der Waals surface area (Å²) in [6.45, 7) is 8.55. The first-order chi connectivity index (χ1) is 10.8. The summed E-state index contributed by atoms with van der Waals surface area (Å²) in [7, 11) is 1.27. The van der Waals surface area contributed by atoms with Gasteiger partial charge in [-0.2, -0.15) is 0 Å². The third-order valence-corrected chi connectivity index (χ3v) is 4.16. The van der Waals surface area contributed by atoms with E-state index in [1.165, 1.54) is 7.11 Å². The number of amides is 1. The number of Topliss-reactive ketones (excluding diaryl/α,β-unsaturated/α-hetero) is 2. The third kappa shape index (κ3) is 5.94. The predicted octanol–water partition coefficient (Wildman–Crippen LogP) is 2.20. The molecule has 23 heavy (non-hydrogen) atoms. The number of methoxy groups -OCH3 is 1. The molecule has 0 radical (unpaired) electrons. The van der Waals surface area contributed by atoms with Crippen molar-refractivity contribution in [3.05, 3.63) is 0 Å². The second kappa shape index (κ2) is 9.01. The Balaban J connectivity index is 2.69. The molecular formula is C17H29NO5. The lowest BCUT2D eigenvalue weighted by Crippen LogP contribution is -2.45. The van der Waals surface area contributed by atoms with Gasteiger partial charge >= 0.3 is 6.09 Å². The van der Waals surface area contributed by atoms with Crippen LogP contribution in [0.4, 0.5) is 4.79 Å². The van der Waals surface area contributed by atoms with E-state index in [4.69, 9.17) is 4.74 Å². The summed E-state index contributed by atoms with van der Waals surface area (Å²) >= 11 is 0. The largest absolute Gasteiger partial charge is 0.453 e. The molecule has 0 aromatic rings. The van der Waals surface area contributed by atoms with E-state index in [1.807, 2.05) is 27.7 Å². The number of ether oxygens (including phenoxy) is 2. The summed E-state index contributed by atoms with van der Waals surface area (Å²) < 4.78 is 10.0. The molecule has 1 amide bonds. The summed E-state index contributed by atoms with van der Waals surface area (Å²) in [4.78, 5) is 36.2. The predicted molar refractivity (Wildman–Crippen MR) is 86.1 cm³/mol. The molecule has 1 fully saturated rings. The van der Waals surface area contributed by atoms with Crippen LogP contribution in [0.2, 0.25) is 0 Å². The first-order valence-corrected chi connectivity index (χ1v) is 8.23. The highest BCUT2D eigenvalue weighted by molar-refractivity contribution is 5.89. The van der Waals surface area contributed by atoms with Crippen LogP contribution in [0.25, 0.3) is 0 Å². The fourth-order valence-corrected chi connectivity index (χ4v) is 2.90. The van der Waals surface area contributed by atoms with Gasteiger partial charge in [-0.1, -0.05) is 27.7 Å². The zero-order valence-electron chi connectivity index (χ0n) is 14.8. The van der Waals surface area contributed by atoms with Gasteiger partial charge in [0.1, 0.15) is 5.78 Å². The summed E-state index contributed by atoms with van der Waals surface area (Å²) in [6, 6.07) is -0.607. The van der Waals surface area contributed by atoms with Crippen molar-refractivity contribution in [3.8, 4) is 0 Å². The molecule has 132 valence electrons. The van der Waals surface area contributed by atoms with Crippen LogP contribution < -0.4 is 5.32 Å². The van der Waals surface area contributed by atoms with Gasteiger partial charge in [0.2, 0.25) is 0 Å². The van der Waals surface area contributed by atoms with Gasteiger partial charge in [0, 0.05) is 24.7 Å². The average molecular weight is 327 g/mol. The van der Waals surface area contributed by atoms with Crippen molar-refractivity contribution in [2.45, 2.75) is 46.6 Å². The second-order valence-electron chi connectivity index (χ2n) is 7.00. The highest BCUT2D eigenvalue weighted by atomic mass is 16.5. The summed E-state index contributed by atoms with van der Waals surface area (Å²) in [6.07, 6.45) is 0.126. The molecule has 0 aromatic carbocycles. The minimum atomic E-state index is -0.618. The summed E-state index contributed by atoms with van der Waals surface area (Å²) in [5.74, 6) is 0.0138. The Morgan fingerprint density at radius 1 is 1.17 bits per heavy atom. The lowest BCUT2D eigenvalue weighted by atomic mass is 9.83. The van der Waals surface area contributed by atoms with Crippen LogP contribution in [-0.4, -0.2) is 44.0 Å². The number of hydrogen-bond acceptors (Lipinski definition) is 5. The average Bonchev–Trinajstić information content (AvgIpc) is 2.91. The van der Waals surface area contributed by atoms with Crippen LogP contribution in [0.15, 0.2) is 0 Å². The zero-order valence-corrected chi connectivity index (χ0v) is 14.8. The smallest absolute Gasteiger partial charge is 0.407 e. The maximum Gasteiger partial charge on any atom is 0.407 e. The highest BCUT2D eigenvalue weighted by Gasteiger charge is 2.37. The monoisotopic (exact) mass is 327 g/mol. The first kappa shape index (κ1) is 19.6. The molecule has 6 heteroatoms. The number of rotatable bonds is 8. The molecule has 1 saturated heterocycles. The van der Waals surface area contributed by atoms with Crippen LogP contribution >= 0.6 is 0 Å². The van der Waals surface area contributed by atoms with Crippen LogP contribution in [0.3, 0.4) is 0 Å². The molecule has 1 rings (SSSR count). The standard InChI is InChI=1S/C17H29NO5/c1-10(2)6-14(19)13-9-23-8-12(13)7-15(20)16(11(3)4)18-17(21)22-5/h10-13,16H,6-9H2,1-5H3,(H,18,21)/t12-,13-,16-/m0/s1. The number of carbonyl (C=O) groups excluding carboxylic acids is 3. The minimum Gasteiger partial charge on any atom is -0.453 e. The van der Waals surface area contributed by atoms with E-state index in [-0.39, 0.29) is 35.7 Å². The second-order valence-corrected chi connectivity index (χ2v) is 7.00. The van der Waals surface area contributed by atoms with Crippen LogP contribution in [-0.2, 0) is 19.1 Å². The van der Waals surface area contributed by atoms with Crippen molar-refractivity contribution >= 4 is 17.7 Å². The molecule has 1 N–H and O–H groups in total. The number of ketones is 2. The van der Waals surface area contributed by atoms with E-state index in [9.17, 15) is 14.4 Å². The molecule has 0 aliphatic carbocycles. The van der Waals surface area contributed by atoms with Gasteiger partial charge in [-0.25, -0.2) is 4.79 Å². The lowest BCUT2D eigenvalue weighted by Gasteiger charge is -2.23. The molecule has 0 bridgehead atoms. The molecular weight excluding hydrogens is 298 g/mol. The van der Waals surface area contributed by atoms with Gasteiger partial charge in [0.15, 0.2) is 5.78 Å². The van der Waals surface area contributed by atoms with E-state index in [1.54, 1.807) is 0 Å². The molecule has 6 nitrogen and oxygen atoms in total. The van der Waals surface area contributed by atoms with E-state index >= 15 is 0 Å². The Kier molecular flexibility index (Phi) is 7.68. The van der Waals surface area contributed by atoms with Crippen molar-refractivity contribution in [1.29, 1.82) is 0 Å². The summed E-state index contributed by atoms with van der Waals surface area (Å²) in [5, 5.41) is 2.58. The fraction of sp³-hybridized carbons (Fsp3) is 0.824. The fourth-order valence-electron chi connectivity index (χ4n) is 2.90. The Hall–Kier alpha value is -1.43. The number of carbonyl (C=O) groups is 3. The lowest BCUT2D eigenvalue weighted by molar-refractivity contribution is -0.126. The molecule has 1 aliphatic heterocycles. The van der Waals surface area contributed by atoms with Gasteiger partial charge in [0.05, 0.1) is 26.4 Å². The Bertz CT molecular complexity index is 433. The van der Waals surface area contributed by atoms with Crippen molar-refractivity contribution in [3.63, 3.8) is 0 Å². The normalized spacial score (nSPS) is 22.2. The molecule has 1 heterocycles. The van der Waals surface area contributed by atoms with Gasteiger partial charge in [-0.15, -0.1) is 0 Å². The first-order valence-electron chi connectivity index (χ1n) is 8.23. The van der Waals surface area contributed by atoms with E-state index in [0.29, 0.717) is 25.6 Å².